The summed E-state index contributed by atoms with van der Waals surface area (Å²) in [6, 6.07) is 71.7. The molecular weight excluding hydrogens is 735 g/mol. The highest BCUT2D eigenvalue weighted by Crippen LogP contribution is 2.44. The molecule has 4 heteroatoms. The zero-order chi connectivity index (χ0) is 38.9. The van der Waals surface area contributed by atoms with E-state index in [9.17, 15) is 0 Å². The van der Waals surface area contributed by atoms with Gasteiger partial charge in [-0.2, -0.15) is 0 Å². The number of hydrogen-bond acceptors (Lipinski definition) is 4. The van der Waals surface area contributed by atoms with Crippen molar-refractivity contribution in [2.75, 3.05) is 0 Å². The van der Waals surface area contributed by atoms with Crippen LogP contribution in [0.25, 0.3) is 120 Å². The Morgan fingerprint density at radius 3 is 1.47 bits per heavy atom. The minimum Gasteiger partial charge on any atom is -0.208 e. The standard InChI is InChI=1S/C55H33N3S/c1-2-15-34(16-3-1)53-56-54(58-55(57-53)46-28-14-30-50-52(46)45-27-10-11-29-49(45)59-50)38-20-13-18-36(32-38)35-17-12-19-37(31-35)47-33-48-41-23-5-4-21-39(41)40-22-6-8-25-43(40)51(48)44-26-9-7-24-42(44)47/h1-33H. The van der Waals surface area contributed by atoms with Crippen molar-refractivity contribution < 1.29 is 0 Å². The number of nitrogens with zero attached hydrogens (tertiary/aromatic N) is 3. The molecule has 0 spiro atoms. The van der Waals surface area contributed by atoms with Crippen LogP contribution >= 0.6 is 11.3 Å². The Kier molecular flexibility index (Phi) is 7.72. The molecule has 59 heavy (non-hydrogen) atoms. The molecule has 0 N–H and O–H groups in total. The molecule has 12 aromatic rings. The molecular formula is C55H33N3S. The lowest BCUT2D eigenvalue weighted by Gasteiger charge is -2.16. The van der Waals surface area contributed by atoms with E-state index in [1.807, 2.05) is 18.2 Å². The maximum atomic E-state index is 5.23. The Morgan fingerprint density at radius 2 is 0.729 bits per heavy atom. The summed E-state index contributed by atoms with van der Waals surface area (Å²) in [5.74, 6) is 1.96. The third kappa shape index (κ3) is 5.53. The lowest BCUT2D eigenvalue weighted by Crippen LogP contribution is -2.00. The van der Waals surface area contributed by atoms with Crippen LogP contribution in [0.4, 0.5) is 0 Å². The normalized spacial score (nSPS) is 11.7. The van der Waals surface area contributed by atoms with Crippen molar-refractivity contribution in [2.24, 2.45) is 0 Å². The van der Waals surface area contributed by atoms with E-state index in [0.29, 0.717) is 17.5 Å². The van der Waals surface area contributed by atoms with Gasteiger partial charge in [0.2, 0.25) is 0 Å². The molecule has 0 radical (unpaired) electrons. The number of thiophene rings is 1. The second-order valence-electron chi connectivity index (χ2n) is 15.1. The summed E-state index contributed by atoms with van der Waals surface area (Å²) in [5.41, 5.74) is 7.51. The summed E-state index contributed by atoms with van der Waals surface area (Å²) in [6.45, 7) is 0. The molecule has 0 fully saturated rings. The fourth-order valence-corrected chi connectivity index (χ4v) is 10.1. The van der Waals surface area contributed by atoms with Crippen molar-refractivity contribution >= 4 is 74.6 Å². The van der Waals surface area contributed by atoms with Gasteiger partial charge in [0.25, 0.3) is 0 Å². The Balaban J connectivity index is 1.02. The average Bonchev–Trinajstić information content (AvgIpc) is 3.70. The number of rotatable bonds is 5. The molecule has 0 aliphatic heterocycles. The molecule has 0 aliphatic carbocycles. The first-order valence-electron chi connectivity index (χ1n) is 19.9. The zero-order valence-electron chi connectivity index (χ0n) is 31.8. The second kappa shape index (κ2) is 13.6. The summed E-state index contributed by atoms with van der Waals surface area (Å²) in [6.07, 6.45) is 0. The number of fused-ring (bicyclic) bond motifs is 11. The van der Waals surface area contributed by atoms with E-state index in [-0.39, 0.29) is 0 Å². The van der Waals surface area contributed by atoms with Crippen molar-refractivity contribution in [3.63, 3.8) is 0 Å². The fourth-order valence-electron chi connectivity index (χ4n) is 9.01. The van der Waals surface area contributed by atoms with Crippen LogP contribution in [0, 0.1) is 0 Å². The van der Waals surface area contributed by atoms with E-state index in [1.54, 1.807) is 11.3 Å². The molecule has 10 aromatic carbocycles. The van der Waals surface area contributed by atoms with Crippen LogP contribution in [0.5, 0.6) is 0 Å². The molecule has 0 atom stereocenters. The minimum absolute atomic E-state index is 0.642. The van der Waals surface area contributed by atoms with Gasteiger partial charge in [0.1, 0.15) is 0 Å². The topological polar surface area (TPSA) is 38.7 Å². The smallest absolute Gasteiger partial charge is 0.164 e. The quantitative estimate of drug-likeness (QED) is 0.164. The summed E-state index contributed by atoms with van der Waals surface area (Å²) in [5, 5.41) is 12.6. The number of aromatic nitrogens is 3. The maximum Gasteiger partial charge on any atom is 0.164 e. The molecule has 3 nitrogen and oxygen atoms in total. The molecule has 0 saturated carbocycles. The number of hydrogen-bond donors (Lipinski definition) is 0. The summed E-state index contributed by atoms with van der Waals surface area (Å²) >= 11 is 1.80. The highest BCUT2D eigenvalue weighted by atomic mass is 32.1. The van der Waals surface area contributed by atoms with Crippen molar-refractivity contribution in [2.45, 2.75) is 0 Å². The molecule has 0 aliphatic rings. The van der Waals surface area contributed by atoms with E-state index in [2.05, 4.69) is 182 Å². The van der Waals surface area contributed by atoms with Gasteiger partial charge in [-0.15, -0.1) is 11.3 Å². The first-order valence-corrected chi connectivity index (χ1v) is 20.8. The monoisotopic (exact) mass is 767 g/mol. The van der Waals surface area contributed by atoms with Crippen LogP contribution in [0.2, 0.25) is 0 Å². The lowest BCUT2D eigenvalue weighted by molar-refractivity contribution is 1.08. The Labute approximate surface area is 344 Å². The number of benzene rings is 10. The first kappa shape index (κ1) is 33.6. The summed E-state index contributed by atoms with van der Waals surface area (Å²) in [4.78, 5) is 15.5. The average molecular weight is 768 g/mol. The Hall–Kier alpha value is -7.53. The van der Waals surface area contributed by atoms with Crippen molar-refractivity contribution in [3.05, 3.63) is 200 Å². The van der Waals surface area contributed by atoms with Gasteiger partial charge in [0.05, 0.1) is 0 Å². The fraction of sp³-hybridized carbons (Fsp3) is 0. The molecule has 274 valence electrons. The molecule has 2 heterocycles. The van der Waals surface area contributed by atoms with E-state index in [1.165, 1.54) is 74.4 Å². The molecule has 2 aromatic heterocycles. The van der Waals surface area contributed by atoms with Gasteiger partial charge < -0.3 is 0 Å². The lowest BCUT2D eigenvalue weighted by atomic mass is 9.87. The third-order valence-electron chi connectivity index (χ3n) is 11.7. The van der Waals surface area contributed by atoms with Crippen molar-refractivity contribution in [1.82, 2.24) is 15.0 Å². The van der Waals surface area contributed by atoms with Gasteiger partial charge in [0.15, 0.2) is 17.5 Å². The van der Waals surface area contributed by atoms with E-state index < -0.39 is 0 Å². The van der Waals surface area contributed by atoms with Crippen LogP contribution in [-0.2, 0) is 0 Å². The van der Waals surface area contributed by atoms with Gasteiger partial charge in [-0.05, 0) is 95.7 Å². The SMILES string of the molecule is c1ccc(-c2nc(-c3cccc(-c4cccc(-c5cc6c7ccccc7c7ccccc7c6c6ccccc56)c4)c3)nc(-c3cccc4sc5ccccc5c34)n2)cc1. The molecule has 0 saturated heterocycles. The van der Waals surface area contributed by atoms with Crippen LogP contribution in [0.15, 0.2) is 200 Å². The summed E-state index contributed by atoms with van der Waals surface area (Å²) in [7, 11) is 0. The van der Waals surface area contributed by atoms with Crippen LogP contribution in [0.1, 0.15) is 0 Å². The highest BCUT2D eigenvalue weighted by Gasteiger charge is 2.18. The molecule has 0 unspecified atom stereocenters. The Morgan fingerprint density at radius 1 is 0.254 bits per heavy atom. The van der Waals surface area contributed by atoms with E-state index >= 15 is 0 Å². The van der Waals surface area contributed by atoms with Gasteiger partial charge >= 0.3 is 0 Å². The van der Waals surface area contributed by atoms with Gasteiger partial charge in [-0.25, -0.2) is 15.0 Å². The van der Waals surface area contributed by atoms with Gasteiger partial charge in [-0.3, -0.25) is 0 Å². The largest absolute Gasteiger partial charge is 0.208 e. The first-order chi connectivity index (χ1) is 29.2. The van der Waals surface area contributed by atoms with E-state index in [4.69, 9.17) is 15.0 Å². The van der Waals surface area contributed by atoms with Crippen LogP contribution < -0.4 is 0 Å². The third-order valence-corrected chi connectivity index (χ3v) is 12.8. The van der Waals surface area contributed by atoms with Crippen molar-refractivity contribution in [1.29, 1.82) is 0 Å². The second-order valence-corrected chi connectivity index (χ2v) is 16.2. The van der Waals surface area contributed by atoms with Gasteiger partial charge in [-0.1, -0.05) is 170 Å². The predicted octanol–water partition coefficient (Wildman–Crippen LogP) is 15.2. The molecule has 0 amide bonds. The van der Waals surface area contributed by atoms with Crippen LogP contribution in [0.3, 0.4) is 0 Å². The highest BCUT2D eigenvalue weighted by molar-refractivity contribution is 7.25. The van der Waals surface area contributed by atoms with Gasteiger partial charge in [0, 0.05) is 36.9 Å². The van der Waals surface area contributed by atoms with Crippen LogP contribution in [-0.4, -0.2) is 15.0 Å². The molecule has 12 rings (SSSR count). The Bertz CT molecular complexity index is 3620. The maximum absolute atomic E-state index is 5.23. The minimum atomic E-state index is 0.642. The predicted molar refractivity (Wildman–Crippen MR) is 250 cm³/mol. The summed E-state index contributed by atoms with van der Waals surface area (Å²) < 4.78 is 2.47. The van der Waals surface area contributed by atoms with E-state index in [0.717, 1.165) is 27.8 Å². The van der Waals surface area contributed by atoms with Crippen molar-refractivity contribution in [3.8, 4) is 56.4 Å². The zero-order valence-corrected chi connectivity index (χ0v) is 32.6. The molecule has 0 bridgehead atoms.